The molecule has 1 amide bonds. The van der Waals surface area contributed by atoms with E-state index in [4.69, 9.17) is 4.74 Å². The van der Waals surface area contributed by atoms with E-state index in [1.165, 1.54) is 29.9 Å². The largest absolute Gasteiger partial charge is 0.491 e. The first-order valence-electron chi connectivity index (χ1n) is 11.8. The Morgan fingerprint density at radius 2 is 2.12 bits per heavy atom. The van der Waals surface area contributed by atoms with Crippen molar-refractivity contribution in [2.24, 2.45) is 5.92 Å². The second kappa shape index (κ2) is 11.3. The highest BCUT2D eigenvalue weighted by molar-refractivity contribution is 7.10. The Labute approximate surface area is 199 Å². The van der Waals surface area contributed by atoms with Crippen LogP contribution < -0.4 is 4.74 Å². The number of aliphatic hydroxyl groups is 1. The molecule has 33 heavy (non-hydrogen) atoms. The fraction of sp³-hybridized carbons (Fsp3) is 0.500. The lowest BCUT2D eigenvalue weighted by atomic mass is 10.0. The number of aliphatic hydroxyl groups excluding tert-OH is 1. The topological polar surface area (TPSA) is 53.0 Å². The fourth-order valence-corrected chi connectivity index (χ4v) is 5.36. The molecule has 178 valence electrons. The van der Waals surface area contributed by atoms with E-state index in [-0.39, 0.29) is 17.8 Å². The number of carbonyl (C=O) groups excluding carboxylic acids is 1. The van der Waals surface area contributed by atoms with Gasteiger partial charge in [0, 0.05) is 24.5 Å². The van der Waals surface area contributed by atoms with Crippen molar-refractivity contribution in [3.8, 4) is 5.75 Å². The molecule has 7 heteroatoms. The van der Waals surface area contributed by atoms with E-state index in [1.807, 2.05) is 11.0 Å². The minimum atomic E-state index is -0.461. The van der Waals surface area contributed by atoms with E-state index in [9.17, 15) is 14.3 Å². The maximum absolute atomic E-state index is 13.5. The van der Waals surface area contributed by atoms with Gasteiger partial charge in [0.05, 0.1) is 18.7 Å². The summed E-state index contributed by atoms with van der Waals surface area (Å²) in [5.41, 5.74) is 1.14. The number of hydrogen-bond donors (Lipinski definition) is 1. The van der Waals surface area contributed by atoms with Crippen molar-refractivity contribution in [1.82, 2.24) is 9.80 Å². The number of nitrogens with zero attached hydrogens (tertiary/aromatic N) is 2. The Morgan fingerprint density at radius 1 is 1.33 bits per heavy atom. The van der Waals surface area contributed by atoms with Gasteiger partial charge in [-0.1, -0.05) is 6.08 Å². The molecular formula is C26H33FN2O3S. The molecule has 5 nitrogen and oxygen atoms in total. The first-order chi connectivity index (χ1) is 16.0. The van der Waals surface area contributed by atoms with Crippen LogP contribution in [0.25, 0.3) is 0 Å². The van der Waals surface area contributed by atoms with Crippen molar-refractivity contribution < 1.29 is 19.0 Å². The van der Waals surface area contributed by atoms with Crippen LogP contribution >= 0.6 is 11.3 Å². The average molecular weight is 473 g/mol. The standard InChI is InChI=1S/C26H33FN2O3S/c1-2-3-4-21(30)16-28(15-19-5-6-19)17-26(31)29-13-11-25-23(12-14-33-25)24(29)18-32-22-9-7-20(27)8-10-22/h2,7-10,12,14,19,21,24,30H,1,3-6,11,13,15-18H2/t21-,24-/m0/s1. The minimum absolute atomic E-state index is 0.0659. The molecule has 1 N–H and O–H groups in total. The number of amides is 1. The van der Waals surface area contributed by atoms with E-state index < -0.39 is 6.10 Å². The van der Waals surface area contributed by atoms with Crippen molar-refractivity contribution in [3.05, 3.63) is 64.6 Å². The van der Waals surface area contributed by atoms with Crippen LogP contribution in [-0.2, 0) is 11.2 Å². The lowest BCUT2D eigenvalue weighted by Crippen LogP contribution is -2.48. The van der Waals surface area contributed by atoms with Crippen LogP contribution in [-0.4, -0.2) is 59.7 Å². The normalized spacial score (nSPS) is 18.8. The predicted octanol–water partition coefficient (Wildman–Crippen LogP) is 4.43. The van der Waals surface area contributed by atoms with Gasteiger partial charge in [-0.2, -0.15) is 0 Å². The highest BCUT2D eigenvalue weighted by Gasteiger charge is 2.34. The molecule has 0 unspecified atom stereocenters. The maximum atomic E-state index is 13.5. The summed E-state index contributed by atoms with van der Waals surface area (Å²) in [5.74, 6) is 0.984. The van der Waals surface area contributed by atoms with Crippen molar-refractivity contribution >= 4 is 17.2 Å². The monoisotopic (exact) mass is 472 g/mol. The van der Waals surface area contributed by atoms with Gasteiger partial charge < -0.3 is 14.7 Å². The summed E-state index contributed by atoms with van der Waals surface area (Å²) in [4.78, 5) is 18.8. The summed E-state index contributed by atoms with van der Waals surface area (Å²) in [6.45, 7) is 6.36. The molecule has 0 saturated heterocycles. The fourth-order valence-electron chi connectivity index (χ4n) is 4.43. The highest BCUT2D eigenvalue weighted by Crippen LogP contribution is 2.34. The minimum Gasteiger partial charge on any atom is -0.491 e. The first kappa shape index (κ1) is 23.9. The molecule has 0 radical (unpaired) electrons. The predicted molar refractivity (Wildman–Crippen MR) is 129 cm³/mol. The molecular weight excluding hydrogens is 439 g/mol. The quantitative estimate of drug-likeness (QED) is 0.465. The summed E-state index contributed by atoms with van der Waals surface area (Å²) >= 11 is 1.72. The smallest absolute Gasteiger partial charge is 0.237 e. The van der Waals surface area contributed by atoms with Gasteiger partial charge in [0.15, 0.2) is 0 Å². The van der Waals surface area contributed by atoms with Crippen molar-refractivity contribution in [2.45, 2.75) is 44.2 Å². The highest BCUT2D eigenvalue weighted by atomic mass is 32.1. The van der Waals surface area contributed by atoms with Crippen LogP contribution in [0.1, 0.15) is 42.2 Å². The maximum Gasteiger partial charge on any atom is 0.237 e. The molecule has 2 aromatic rings. The number of allylic oxidation sites excluding steroid dienone is 1. The van der Waals surface area contributed by atoms with E-state index in [0.29, 0.717) is 44.3 Å². The first-order valence-corrected chi connectivity index (χ1v) is 12.7. The van der Waals surface area contributed by atoms with E-state index in [2.05, 4.69) is 22.9 Å². The number of carbonyl (C=O) groups is 1. The zero-order valence-electron chi connectivity index (χ0n) is 19.0. The van der Waals surface area contributed by atoms with Crippen molar-refractivity contribution in [1.29, 1.82) is 0 Å². The molecule has 1 aliphatic carbocycles. The summed E-state index contributed by atoms with van der Waals surface area (Å²) in [5, 5.41) is 12.5. The zero-order chi connectivity index (χ0) is 23.2. The Morgan fingerprint density at radius 3 is 2.85 bits per heavy atom. The number of thiophene rings is 1. The number of ether oxygens (including phenoxy) is 1. The zero-order valence-corrected chi connectivity index (χ0v) is 19.8. The summed E-state index contributed by atoms with van der Waals surface area (Å²) in [6.07, 6.45) is 6.02. The molecule has 1 aromatic heterocycles. The van der Waals surface area contributed by atoms with Crippen molar-refractivity contribution in [2.75, 3.05) is 32.8 Å². The molecule has 2 atom stereocenters. The van der Waals surface area contributed by atoms with Gasteiger partial charge in [-0.15, -0.1) is 17.9 Å². The van der Waals surface area contributed by atoms with Gasteiger partial charge in [0.25, 0.3) is 0 Å². The summed E-state index contributed by atoms with van der Waals surface area (Å²) < 4.78 is 19.2. The van der Waals surface area contributed by atoms with Gasteiger partial charge in [-0.05, 0) is 79.3 Å². The Kier molecular flexibility index (Phi) is 8.17. The molecule has 4 rings (SSSR count). The third-order valence-corrected chi connectivity index (χ3v) is 7.38. The molecule has 2 aliphatic rings. The van der Waals surface area contributed by atoms with Crippen LogP contribution in [0.2, 0.25) is 0 Å². The lowest BCUT2D eigenvalue weighted by molar-refractivity contribution is -0.136. The molecule has 1 saturated carbocycles. The molecule has 1 fully saturated rings. The lowest BCUT2D eigenvalue weighted by Gasteiger charge is -2.37. The number of halogens is 1. The van der Waals surface area contributed by atoms with Gasteiger partial charge in [0.1, 0.15) is 18.2 Å². The summed E-state index contributed by atoms with van der Waals surface area (Å²) in [6, 6.07) is 7.89. The number of benzene rings is 1. The van der Waals surface area contributed by atoms with E-state index >= 15 is 0 Å². The van der Waals surface area contributed by atoms with Crippen LogP contribution in [0, 0.1) is 11.7 Å². The number of fused-ring (bicyclic) bond motifs is 1. The molecule has 0 bridgehead atoms. The van der Waals surface area contributed by atoms with Crippen LogP contribution in [0.4, 0.5) is 4.39 Å². The summed E-state index contributed by atoms with van der Waals surface area (Å²) in [7, 11) is 0. The number of rotatable bonds is 12. The Balaban J connectivity index is 1.43. The SMILES string of the molecule is C=CCC[C@H](O)CN(CC(=O)N1CCc2sccc2[C@@H]1COc1ccc(F)cc1)CC1CC1. The van der Waals surface area contributed by atoms with Crippen LogP contribution in [0.15, 0.2) is 48.4 Å². The van der Waals surface area contributed by atoms with Gasteiger partial charge in [-0.3, -0.25) is 9.69 Å². The second-order valence-electron chi connectivity index (χ2n) is 9.07. The van der Waals surface area contributed by atoms with E-state index in [1.54, 1.807) is 23.5 Å². The third kappa shape index (κ3) is 6.65. The van der Waals surface area contributed by atoms with Gasteiger partial charge in [0.2, 0.25) is 5.91 Å². The molecule has 0 spiro atoms. The molecule has 1 aromatic carbocycles. The third-order valence-electron chi connectivity index (χ3n) is 6.38. The Hall–Kier alpha value is -2.22. The van der Waals surface area contributed by atoms with Crippen molar-refractivity contribution in [3.63, 3.8) is 0 Å². The molecule has 2 heterocycles. The Bertz CT molecular complexity index is 928. The molecule has 1 aliphatic heterocycles. The van der Waals surface area contributed by atoms with Crippen LogP contribution in [0.5, 0.6) is 5.75 Å². The number of hydrogen-bond acceptors (Lipinski definition) is 5. The second-order valence-corrected chi connectivity index (χ2v) is 10.1. The average Bonchev–Trinajstić information content (AvgIpc) is 3.48. The van der Waals surface area contributed by atoms with Crippen LogP contribution in [0.3, 0.4) is 0 Å². The van der Waals surface area contributed by atoms with Gasteiger partial charge >= 0.3 is 0 Å². The van der Waals surface area contributed by atoms with Gasteiger partial charge in [-0.25, -0.2) is 4.39 Å². The van der Waals surface area contributed by atoms with E-state index in [0.717, 1.165) is 24.9 Å².